The van der Waals surface area contributed by atoms with Crippen molar-refractivity contribution in [3.63, 3.8) is 0 Å². The molecule has 0 saturated carbocycles. The summed E-state index contributed by atoms with van der Waals surface area (Å²) in [6.07, 6.45) is 0. The average Bonchev–Trinajstić information content (AvgIpc) is 2.80. The molecule has 0 aliphatic rings. The molecule has 0 bridgehead atoms. The lowest BCUT2D eigenvalue weighted by Gasteiger charge is -1.92. The van der Waals surface area contributed by atoms with Gasteiger partial charge in [-0.05, 0) is 38.1 Å². The minimum atomic E-state index is 0.792. The maximum absolute atomic E-state index is 5.78. The number of nitrogens with zero attached hydrogens (tertiary/aromatic N) is 1. The number of rotatable bonds is 1. The van der Waals surface area contributed by atoms with Crippen LogP contribution in [0.2, 0.25) is 0 Å². The van der Waals surface area contributed by atoms with Crippen LogP contribution in [0.4, 0.5) is 5.69 Å². The number of aromatic nitrogens is 2. The monoisotopic (exact) mass is 243 g/mol. The van der Waals surface area contributed by atoms with Crippen molar-refractivity contribution in [1.29, 1.82) is 0 Å². The molecule has 3 aromatic rings. The fraction of sp³-hybridized carbons (Fsp3) is 0.154. The van der Waals surface area contributed by atoms with Gasteiger partial charge < -0.3 is 10.7 Å². The van der Waals surface area contributed by atoms with Crippen molar-refractivity contribution in [1.82, 2.24) is 9.97 Å². The van der Waals surface area contributed by atoms with E-state index in [4.69, 9.17) is 5.73 Å². The zero-order valence-corrected chi connectivity index (χ0v) is 10.6. The Morgan fingerprint density at radius 3 is 2.76 bits per heavy atom. The second-order valence-electron chi connectivity index (χ2n) is 4.18. The molecule has 17 heavy (non-hydrogen) atoms. The maximum atomic E-state index is 5.78. The van der Waals surface area contributed by atoms with E-state index in [-0.39, 0.29) is 0 Å². The summed E-state index contributed by atoms with van der Waals surface area (Å²) in [4.78, 5) is 9.06. The molecule has 0 amide bonds. The first kappa shape index (κ1) is 10.4. The van der Waals surface area contributed by atoms with Gasteiger partial charge in [0.1, 0.15) is 0 Å². The normalized spacial score (nSPS) is 11.2. The molecule has 3 rings (SSSR count). The Morgan fingerprint density at radius 1 is 1.24 bits per heavy atom. The SMILES string of the molecule is Cc1nc(C)c(-c2cc3cc(N)ccc3[nH]2)s1. The van der Waals surface area contributed by atoms with Gasteiger partial charge in [-0.15, -0.1) is 11.3 Å². The van der Waals surface area contributed by atoms with E-state index in [1.54, 1.807) is 11.3 Å². The van der Waals surface area contributed by atoms with E-state index in [2.05, 4.69) is 16.0 Å². The van der Waals surface area contributed by atoms with Crippen LogP contribution in [0, 0.1) is 13.8 Å². The maximum Gasteiger partial charge on any atom is 0.0904 e. The molecule has 86 valence electrons. The first-order valence-corrected chi connectivity index (χ1v) is 6.28. The molecule has 3 N–H and O–H groups in total. The Labute approximate surface area is 103 Å². The molecule has 4 heteroatoms. The molecule has 0 aliphatic carbocycles. The second kappa shape index (κ2) is 3.60. The fourth-order valence-corrected chi connectivity index (χ4v) is 2.95. The molecule has 0 atom stereocenters. The van der Waals surface area contributed by atoms with Gasteiger partial charge in [0, 0.05) is 16.6 Å². The summed E-state index contributed by atoms with van der Waals surface area (Å²) in [6.45, 7) is 4.07. The summed E-state index contributed by atoms with van der Waals surface area (Å²) in [7, 11) is 0. The summed E-state index contributed by atoms with van der Waals surface area (Å²) < 4.78 is 0. The van der Waals surface area contributed by atoms with Crippen molar-refractivity contribution in [2.24, 2.45) is 0 Å². The highest BCUT2D eigenvalue weighted by Gasteiger charge is 2.10. The molecule has 1 aromatic carbocycles. The summed E-state index contributed by atoms with van der Waals surface area (Å²) in [5, 5.41) is 2.24. The molecule has 0 radical (unpaired) electrons. The number of nitrogens with one attached hydrogen (secondary N) is 1. The van der Waals surface area contributed by atoms with E-state index in [0.717, 1.165) is 33.0 Å². The Morgan fingerprint density at radius 2 is 2.06 bits per heavy atom. The Balaban J connectivity index is 2.21. The van der Waals surface area contributed by atoms with Crippen LogP contribution in [0.1, 0.15) is 10.7 Å². The van der Waals surface area contributed by atoms with Gasteiger partial charge in [0.25, 0.3) is 0 Å². The van der Waals surface area contributed by atoms with Crippen molar-refractivity contribution in [2.75, 3.05) is 5.73 Å². The summed E-state index contributed by atoms with van der Waals surface area (Å²) in [5.74, 6) is 0. The summed E-state index contributed by atoms with van der Waals surface area (Å²) >= 11 is 1.71. The summed E-state index contributed by atoms with van der Waals surface area (Å²) in [5.41, 5.74) is 9.88. The minimum absolute atomic E-state index is 0.792. The summed E-state index contributed by atoms with van der Waals surface area (Å²) in [6, 6.07) is 8.04. The second-order valence-corrected chi connectivity index (χ2v) is 5.38. The lowest BCUT2D eigenvalue weighted by atomic mass is 10.2. The first-order chi connectivity index (χ1) is 8.13. The van der Waals surface area contributed by atoms with Gasteiger partial charge in [-0.1, -0.05) is 0 Å². The number of hydrogen-bond acceptors (Lipinski definition) is 3. The first-order valence-electron chi connectivity index (χ1n) is 5.46. The van der Waals surface area contributed by atoms with Crippen LogP contribution in [0.15, 0.2) is 24.3 Å². The van der Waals surface area contributed by atoms with Crippen LogP contribution in [-0.2, 0) is 0 Å². The number of nitrogens with two attached hydrogens (primary N) is 1. The topological polar surface area (TPSA) is 54.7 Å². The molecule has 0 fully saturated rings. The zero-order chi connectivity index (χ0) is 12.0. The number of fused-ring (bicyclic) bond motifs is 1. The number of H-pyrrole nitrogens is 1. The third-order valence-electron chi connectivity index (χ3n) is 2.79. The number of nitrogen functional groups attached to an aromatic ring is 1. The van der Waals surface area contributed by atoms with Gasteiger partial charge in [0.2, 0.25) is 0 Å². The average molecular weight is 243 g/mol. The van der Waals surface area contributed by atoms with Crippen LogP contribution < -0.4 is 5.73 Å². The van der Waals surface area contributed by atoms with E-state index in [1.807, 2.05) is 32.0 Å². The van der Waals surface area contributed by atoms with Crippen LogP contribution >= 0.6 is 11.3 Å². The third kappa shape index (κ3) is 1.70. The van der Waals surface area contributed by atoms with Crippen LogP contribution in [0.5, 0.6) is 0 Å². The van der Waals surface area contributed by atoms with Crippen LogP contribution in [0.3, 0.4) is 0 Å². The van der Waals surface area contributed by atoms with E-state index >= 15 is 0 Å². The van der Waals surface area contributed by atoms with Crippen molar-refractivity contribution >= 4 is 27.9 Å². The molecular weight excluding hydrogens is 230 g/mol. The molecule has 0 unspecified atom stereocenters. The predicted molar refractivity (Wildman–Crippen MR) is 73.3 cm³/mol. The standard InChI is InChI=1S/C13H13N3S/c1-7-13(17-8(2)15-7)12-6-9-5-10(14)3-4-11(9)16-12/h3-6,16H,14H2,1-2H3. The van der Waals surface area contributed by atoms with Crippen molar-refractivity contribution in [3.8, 4) is 10.6 Å². The molecule has 2 aromatic heterocycles. The lowest BCUT2D eigenvalue weighted by molar-refractivity contribution is 1.20. The van der Waals surface area contributed by atoms with Gasteiger partial charge in [-0.2, -0.15) is 0 Å². The molecule has 2 heterocycles. The van der Waals surface area contributed by atoms with Crippen molar-refractivity contribution in [2.45, 2.75) is 13.8 Å². The number of hydrogen-bond donors (Lipinski definition) is 2. The Bertz CT molecular complexity index is 694. The largest absolute Gasteiger partial charge is 0.399 e. The van der Waals surface area contributed by atoms with Gasteiger partial charge in [-0.25, -0.2) is 4.98 Å². The zero-order valence-electron chi connectivity index (χ0n) is 9.74. The highest BCUT2D eigenvalue weighted by atomic mass is 32.1. The van der Waals surface area contributed by atoms with Gasteiger partial charge >= 0.3 is 0 Å². The highest BCUT2D eigenvalue weighted by molar-refractivity contribution is 7.15. The number of aryl methyl sites for hydroxylation is 2. The van der Waals surface area contributed by atoms with Crippen molar-refractivity contribution in [3.05, 3.63) is 35.0 Å². The number of anilines is 1. The highest BCUT2D eigenvalue weighted by Crippen LogP contribution is 2.31. The number of thiazole rings is 1. The van der Waals surface area contributed by atoms with Gasteiger partial charge in [0.05, 0.1) is 21.3 Å². The van der Waals surface area contributed by atoms with Crippen LogP contribution in [-0.4, -0.2) is 9.97 Å². The fourth-order valence-electron chi connectivity index (χ4n) is 2.05. The molecule has 3 nitrogen and oxygen atoms in total. The van der Waals surface area contributed by atoms with E-state index in [9.17, 15) is 0 Å². The molecule has 0 saturated heterocycles. The Kier molecular flexibility index (Phi) is 2.19. The lowest BCUT2D eigenvalue weighted by Crippen LogP contribution is -1.81. The van der Waals surface area contributed by atoms with Gasteiger partial charge in [0.15, 0.2) is 0 Å². The molecule has 0 spiro atoms. The quantitative estimate of drug-likeness (QED) is 0.643. The molecular formula is C13H13N3S. The van der Waals surface area contributed by atoms with Crippen molar-refractivity contribution < 1.29 is 0 Å². The number of aromatic amines is 1. The van der Waals surface area contributed by atoms with Gasteiger partial charge in [-0.3, -0.25) is 0 Å². The third-order valence-corrected chi connectivity index (χ3v) is 3.90. The van der Waals surface area contributed by atoms with E-state index in [0.29, 0.717) is 0 Å². The van der Waals surface area contributed by atoms with E-state index < -0.39 is 0 Å². The Hall–Kier alpha value is -1.81. The predicted octanol–water partition coefficient (Wildman–Crippen LogP) is 3.49. The smallest absolute Gasteiger partial charge is 0.0904 e. The molecule has 0 aliphatic heterocycles. The minimum Gasteiger partial charge on any atom is -0.399 e. The van der Waals surface area contributed by atoms with Crippen LogP contribution in [0.25, 0.3) is 21.5 Å². The number of benzene rings is 1. The van der Waals surface area contributed by atoms with E-state index in [1.165, 1.54) is 4.88 Å².